The summed E-state index contributed by atoms with van der Waals surface area (Å²) in [5.41, 5.74) is 10.8. The molecular weight excluding hydrogens is 491 g/mol. The molecule has 1 amide bonds. The Labute approximate surface area is 185 Å². The quantitative estimate of drug-likeness (QED) is 0.286. The van der Waals surface area contributed by atoms with Gasteiger partial charge in [-0.2, -0.15) is 0 Å². The molecule has 2 heterocycles. The summed E-state index contributed by atoms with van der Waals surface area (Å²) < 4.78 is 3.50. The minimum Gasteiger partial charge on any atom is -0.366 e. The second-order valence-electron chi connectivity index (χ2n) is 6.99. The van der Waals surface area contributed by atoms with Crippen LogP contribution < -0.4 is 5.73 Å². The van der Waals surface area contributed by atoms with Crippen molar-refractivity contribution in [1.82, 2.24) is 4.57 Å². The van der Waals surface area contributed by atoms with Crippen LogP contribution in [0.25, 0.3) is 32.2 Å². The second-order valence-corrected chi connectivity index (χ2v) is 9.18. The molecule has 0 saturated heterocycles. The summed E-state index contributed by atoms with van der Waals surface area (Å²) in [6.07, 6.45) is 0. The summed E-state index contributed by atoms with van der Waals surface area (Å²) in [6.45, 7) is 0.729. The van der Waals surface area contributed by atoms with Crippen molar-refractivity contribution in [3.63, 3.8) is 0 Å². The third-order valence-electron chi connectivity index (χ3n) is 5.19. The normalized spacial score (nSPS) is 11.3. The van der Waals surface area contributed by atoms with Crippen LogP contribution in [0.15, 0.2) is 78.2 Å². The van der Waals surface area contributed by atoms with Gasteiger partial charge in [0.15, 0.2) is 0 Å². The third-order valence-corrected chi connectivity index (χ3v) is 6.78. The fourth-order valence-electron chi connectivity index (χ4n) is 3.93. The van der Waals surface area contributed by atoms with Gasteiger partial charge >= 0.3 is 0 Å². The van der Waals surface area contributed by atoms with E-state index in [-0.39, 0.29) is 0 Å². The largest absolute Gasteiger partial charge is 0.366 e. The number of thiophene rings is 1. The first-order chi connectivity index (χ1) is 14.1. The predicted molar refractivity (Wildman–Crippen MR) is 130 cm³/mol. The molecule has 142 valence electrons. The molecule has 5 aromatic rings. The highest BCUT2D eigenvalue weighted by atomic mass is 127. The number of rotatable bonds is 4. The maximum atomic E-state index is 12.1. The zero-order valence-corrected chi connectivity index (χ0v) is 18.4. The van der Waals surface area contributed by atoms with Crippen LogP contribution in [0.5, 0.6) is 0 Å². The molecule has 5 rings (SSSR count). The van der Waals surface area contributed by atoms with Crippen LogP contribution in [0, 0.1) is 3.57 Å². The minimum atomic E-state index is -0.397. The zero-order valence-electron chi connectivity index (χ0n) is 15.4. The number of nitrogens with two attached hydrogens (primary N) is 1. The average molecular weight is 508 g/mol. The Kier molecular flexibility index (Phi) is 4.64. The number of hydrogen-bond donors (Lipinski definition) is 1. The smallest absolute Gasteiger partial charge is 0.249 e. The summed E-state index contributed by atoms with van der Waals surface area (Å²) in [5.74, 6) is -0.397. The summed E-state index contributed by atoms with van der Waals surface area (Å²) in [6, 6.07) is 25.0. The van der Waals surface area contributed by atoms with Crippen LogP contribution in [-0.4, -0.2) is 10.5 Å². The first kappa shape index (κ1) is 18.4. The highest BCUT2D eigenvalue weighted by molar-refractivity contribution is 14.1. The van der Waals surface area contributed by atoms with E-state index in [1.54, 1.807) is 11.3 Å². The van der Waals surface area contributed by atoms with Gasteiger partial charge in [-0.15, -0.1) is 11.3 Å². The van der Waals surface area contributed by atoms with E-state index in [9.17, 15) is 4.79 Å². The molecule has 2 aromatic heterocycles. The van der Waals surface area contributed by atoms with E-state index in [4.69, 9.17) is 5.73 Å². The highest BCUT2D eigenvalue weighted by Crippen LogP contribution is 2.36. The molecule has 29 heavy (non-hydrogen) atoms. The van der Waals surface area contributed by atoms with E-state index in [0.717, 1.165) is 28.4 Å². The minimum absolute atomic E-state index is 0.397. The van der Waals surface area contributed by atoms with E-state index in [0.29, 0.717) is 5.56 Å². The highest BCUT2D eigenvalue weighted by Gasteiger charge is 2.17. The first-order valence-electron chi connectivity index (χ1n) is 9.25. The lowest BCUT2D eigenvalue weighted by Gasteiger charge is -2.09. The van der Waals surface area contributed by atoms with E-state index in [2.05, 4.69) is 93.2 Å². The number of halogens is 1. The van der Waals surface area contributed by atoms with Gasteiger partial charge in [-0.1, -0.05) is 36.4 Å². The molecule has 3 aromatic carbocycles. The van der Waals surface area contributed by atoms with Crippen molar-refractivity contribution in [2.24, 2.45) is 5.73 Å². The van der Waals surface area contributed by atoms with Crippen molar-refractivity contribution in [3.8, 4) is 10.4 Å². The van der Waals surface area contributed by atoms with Gasteiger partial charge in [-0.25, -0.2) is 0 Å². The Morgan fingerprint density at radius 3 is 2.59 bits per heavy atom. The number of fused-ring (bicyclic) bond motifs is 3. The molecule has 0 radical (unpaired) electrons. The lowest BCUT2D eigenvalue weighted by molar-refractivity contribution is 0.100. The molecule has 2 N–H and O–H groups in total. The Morgan fingerprint density at radius 2 is 1.83 bits per heavy atom. The van der Waals surface area contributed by atoms with Crippen LogP contribution in [0.4, 0.5) is 0 Å². The molecule has 0 saturated carbocycles. The van der Waals surface area contributed by atoms with Crippen LogP contribution in [0.1, 0.15) is 15.9 Å². The molecule has 0 fully saturated rings. The van der Waals surface area contributed by atoms with Crippen LogP contribution in [0.2, 0.25) is 0 Å². The zero-order chi connectivity index (χ0) is 20.0. The van der Waals surface area contributed by atoms with Gasteiger partial charge in [0.25, 0.3) is 0 Å². The topological polar surface area (TPSA) is 48.0 Å². The summed E-state index contributed by atoms with van der Waals surface area (Å²) in [7, 11) is 0. The van der Waals surface area contributed by atoms with Gasteiger partial charge in [0.05, 0.1) is 11.0 Å². The number of primary amides is 1. The van der Waals surface area contributed by atoms with Crippen molar-refractivity contribution in [1.29, 1.82) is 0 Å². The fraction of sp³-hybridized carbons (Fsp3) is 0.0417. The number of benzene rings is 3. The summed E-state index contributed by atoms with van der Waals surface area (Å²) >= 11 is 4.07. The number of carbonyl (C=O) groups excluding carboxylic acids is 1. The van der Waals surface area contributed by atoms with Crippen molar-refractivity contribution in [3.05, 3.63) is 92.9 Å². The van der Waals surface area contributed by atoms with Gasteiger partial charge in [-0.05, 0) is 75.5 Å². The number of carbonyl (C=O) groups is 1. The van der Waals surface area contributed by atoms with Crippen molar-refractivity contribution < 1.29 is 4.79 Å². The Morgan fingerprint density at radius 1 is 0.966 bits per heavy atom. The van der Waals surface area contributed by atoms with Crippen molar-refractivity contribution in [2.45, 2.75) is 6.54 Å². The summed E-state index contributed by atoms with van der Waals surface area (Å²) in [4.78, 5) is 13.4. The third kappa shape index (κ3) is 3.24. The molecular formula is C24H17IN2OS. The van der Waals surface area contributed by atoms with Gasteiger partial charge < -0.3 is 10.3 Å². The lowest BCUT2D eigenvalue weighted by Crippen LogP contribution is -2.11. The number of nitrogens with zero attached hydrogens (tertiary/aromatic N) is 1. The van der Waals surface area contributed by atoms with E-state index in [1.807, 2.05) is 12.1 Å². The fourth-order valence-corrected chi connectivity index (χ4v) is 5.27. The molecule has 5 heteroatoms. The average Bonchev–Trinajstić information content (AvgIpc) is 3.35. The second kappa shape index (κ2) is 7.31. The van der Waals surface area contributed by atoms with Crippen molar-refractivity contribution >= 4 is 61.6 Å². The SMILES string of the molecule is NC(=O)c1cccc2c1c1ccc(-c3cccs3)cc1n2Cc1cccc(I)c1. The maximum Gasteiger partial charge on any atom is 0.249 e. The van der Waals surface area contributed by atoms with Crippen LogP contribution in [0.3, 0.4) is 0 Å². The number of aromatic nitrogens is 1. The van der Waals surface area contributed by atoms with E-state index >= 15 is 0 Å². The van der Waals surface area contributed by atoms with Gasteiger partial charge in [0.2, 0.25) is 5.91 Å². The first-order valence-corrected chi connectivity index (χ1v) is 11.2. The molecule has 0 aliphatic heterocycles. The lowest BCUT2D eigenvalue weighted by atomic mass is 10.0. The van der Waals surface area contributed by atoms with Crippen LogP contribution in [-0.2, 0) is 6.54 Å². The van der Waals surface area contributed by atoms with E-state index < -0.39 is 5.91 Å². The van der Waals surface area contributed by atoms with Gasteiger partial charge in [0, 0.05) is 31.3 Å². The number of hydrogen-bond acceptors (Lipinski definition) is 2. The maximum absolute atomic E-state index is 12.1. The monoisotopic (exact) mass is 508 g/mol. The molecule has 0 aliphatic carbocycles. The van der Waals surface area contributed by atoms with Crippen molar-refractivity contribution in [2.75, 3.05) is 0 Å². The Hall–Kier alpha value is -2.64. The summed E-state index contributed by atoms with van der Waals surface area (Å²) in [5, 5.41) is 4.07. The van der Waals surface area contributed by atoms with Gasteiger partial charge in [-0.3, -0.25) is 4.79 Å². The Balaban J connectivity index is 1.82. The molecule has 3 nitrogen and oxygen atoms in total. The molecule has 0 bridgehead atoms. The Bertz CT molecular complexity index is 1370. The standard InChI is InChI=1S/C24H17IN2OS/c25-17-5-1-4-15(12-17)14-27-20-7-2-6-19(24(26)28)23(20)18-10-9-16(13-21(18)27)22-8-3-11-29-22/h1-13H,14H2,(H2,26,28). The molecule has 0 unspecified atom stereocenters. The van der Waals surface area contributed by atoms with E-state index in [1.165, 1.54) is 19.6 Å². The molecule has 0 atom stereocenters. The van der Waals surface area contributed by atoms with Gasteiger partial charge in [0.1, 0.15) is 0 Å². The number of amides is 1. The van der Waals surface area contributed by atoms with Crippen LogP contribution >= 0.6 is 33.9 Å². The predicted octanol–water partition coefficient (Wildman–Crippen LogP) is 6.27. The molecule has 0 aliphatic rings. The molecule has 0 spiro atoms.